The Morgan fingerprint density at radius 1 is 0.852 bits per heavy atom. The summed E-state index contributed by atoms with van der Waals surface area (Å²) in [5.41, 5.74) is 0. The van der Waals surface area contributed by atoms with Gasteiger partial charge in [0.05, 0.1) is 0 Å². The van der Waals surface area contributed by atoms with Gasteiger partial charge in [-0.25, -0.2) is 4.79 Å². The Labute approximate surface area is 174 Å². The fraction of sp³-hybridized carbons (Fsp3) is 0.800. The molecule has 0 N–H and O–H groups in total. The lowest BCUT2D eigenvalue weighted by Crippen LogP contribution is -2.47. The van der Waals surface area contributed by atoms with E-state index in [0.717, 1.165) is 6.42 Å². The van der Waals surface area contributed by atoms with Crippen LogP contribution in [0, 0.1) is 0 Å². The minimum atomic E-state index is -1.60. The van der Waals surface area contributed by atoms with Crippen molar-refractivity contribution in [2.75, 3.05) is 0 Å². The molecule has 0 saturated heterocycles. The van der Waals surface area contributed by atoms with E-state index in [2.05, 4.69) is 58.9 Å². The minimum Gasteiger partial charge on any atom is -0.461 e. The zero-order valence-corrected chi connectivity index (χ0v) is 25.8. The summed E-state index contributed by atoms with van der Waals surface area (Å²) in [5.74, 6) is -0.00670. The van der Waals surface area contributed by atoms with Gasteiger partial charge in [0.1, 0.15) is 12.0 Å². The third kappa shape index (κ3) is 11.7. The summed E-state index contributed by atoms with van der Waals surface area (Å²) in [5, 5.41) is 0. The number of rotatable bonds is 12. The van der Waals surface area contributed by atoms with Crippen LogP contribution in [-0.2, 0) is 18.8 Å². The lowest BCUT2D eigenvalue weighted by atomic mass is 10.3. The van der Waals surface area contributed by atoms with Gasteiger partial charge in [0.25, 0.3) is 0 Å². The highest BCUT2D eigenvalue weighted by molar-refractivity contribution is 6.86. The van der Waals surface area contributed by atoms with Crippen molar-refractivity contribution in [2.24, 2.45) is 0 Å². The molecule has 1 heterocycles. The minimum absolute atomic E-state index is 0.136. The highest BCUT2D eigenvalue weighted by atomic mass is 28.4. The maximum Gasteiger partial charge on any atom is 0.518 e. The molecule has 0 unspecified atom stereocenters. The van der Waals surface area contributed by atoms with Gasteiger partial charge in [-0.15, -0.1) is 0 Å². The first-order valence-electron chi connectivity index (χ1n) is 9.59. The van der Waals surface area contributed by atoms with Crippen LogP contribution in [0.1, 0.15) is 12.2 Å². The molecule has 158 valence electrons. The van der Waals surface area contributed by atoms with Crippen molar-refractivity contribution in [2.45, 2.75) is 76.0 Å². The van der Waals surface area contributed by atoms with Crippen molar-refractivity contribution in [3.63, 3.8) is 0 Å². The van der Waals surface area contributed by atoms with Crippen LogP contribution in [0.2, 0.25) is 63.2 Å². The van der Waals surface area contributed by atoms with E-state index in [-0.39, 0.29) is 4.28 Å². The average molecular weight is 483 g/mol. The largest absolute Gasteiger partial charge is 0.518 e. The maximum absolute atomic E-state index is 11.2. The third-order valence-corrected chi connectivity index (χ3v) is 22.5. The highest BCUT2D eigenvalue weighted by Gasteiger charge is 2.38. The molecular formula is C15H38O6Si6. The normalized spacial score (nSPS) is 17.1. The molecule has 6 nitrogen and oxygen atoms in total. The summed E-state index contributed by atoms with van der Waals surface area (Å²) in [7, 11) is -7.20. The predicted octanol–water partition coefficient (Wildman–Crippen LogP) is 2.04. The molecule has 0 aliphatic carbocycles. The van der Waals surface area contributed by atoms with E-state index in [9.17, 15) is 4.79 Å². The van der Waals surface area contributed by atoms with Gasteiger partial charge in [-0.05, 0) is 65.3 Å². The zero-order valence-electron chi connectivity index (χ0n) is 18.6. The lowest BCUT2D eigenvalue weighted by Gasteiger charge is -2.38. The summed E-state index contributed by atoms with van der Waals surface area (Å²) in [4.78, 5) is 11.2. The fourth-order valence-electron chi connectivity index (χ4n) is 2.22. The topological polar surface area (TPSA) is 71.0 Å². The van der Waals surface area contributed by atoms with E-state index in [1.165, 1.54) is 6.26 Å². The molecule has 27 heavy (non-hydrogen) atoms. The van der Waals surface area contributed by atoms with Gasteiger partial charge in [-0.2, -0.15) is 0 Å². The van der Waals surface area contributed by atoms with E-state index in [4.69, 9.17) is 21.2 Å². The Balaban J connectivity index is 3.03. The van der Waals surface area contributed by atoms with Crippen LogP contribution in [0.4, 0.5) is 0 Å². The Morgan fingerprint density at radius 2 is 1.26 bits per heavy atom. The number of aryl methyl sites for hydroxylation is 1. The monoisotopic (exact) mass is 482 g/mol. The number of hydrogen-bond acceptors (Lipinski definition) is 6. The molecule has 0 spiro atoms. The summed E-state index contributed by atoms with van der Waals surface area (Å²) < 4.78 is 29.7. The molecule has 0 amide bonds. The molecule has 1 aromatic rings. The second-order valence-corrected chi connectivity index (χ2v) is 34.8. The standard InChI is InChI=1S/C15H38O6Si6/c1-25(2,3)19-22-15(23-20-26(4,5)6,24-21-27(7,8)9)11-10-13-12-17-14(16)18-13/h12H,10-11,22-24H2,1-9H3. The first kappa shape index (κ1) is 25.2. The van der Waals surface area contributed by atoms with Crippen LogP contribution in [-0.4, -0.2) is 54.2 Å². The quantitative estimate of drug-likeness (QED) is 0.425. The Bertz CT molecular complexity index is 579. The van der Waals surface area contributed by atoms with Gasteiger partial charge in [-0.1, -0.05) is 0 Å². The zero-order chi connectivity index (χ0) is 20.9. The van der Waals surface area contributed by atoms with E-state index >= 15 is 0 Å². The van der Waals surface area contributed by atoms with E-state index in [0.29, 0.717) is 12.2 Å². The molecular weight excluding hydrogens is 445 g/mol. The molecule has 0 bridgehead atoms. The van der Waals surface area contributed by atoms with Crippen molar-refractivity contribution in [1.29, 1.82) is 0 Å². The highest BCUT2D eigenvalue weighted by Crippen LogP contribution is 2.32. The second kappa shape index (κ2) is 9.80. The summed E-state index contributed by atoms with van der Waals surface area (Å²) in [6.07, 6.45) is 3.06. The smallest absolute Gasteiger partial charge is 0.461 e. The van der Waals surface area contributed by atoms with E-state index in [1.807, 2.05) is 0 Å². The van der Waals surface area contributed by atoms with Crippen LogP contribution < -0.4 is 5.82 Å². The van der Waals surface area contributed by atoms with E-state index < -0.39 is 60.1 Å². The average Bonchev–Trinajstić information content (AvgIpc) is 2.89. The SMILES string of the molecule is C[Si](C)(C)O[SiH2]C(CCc1coc(=O)o1)([SiH2]O[Si](C)(C)C)[SiH2]O[Si](C)(C)C. The molecule has 0 atom stereocenters. The van der Waals surface area contributed by atoms with Gasteiger partial charge in [0, 0.05) is 10.7 Å². The van der Waals surface area contributed by atoms with Crippen LogP contribution >= 0.6 is 0 Å². The summed E-state index contributed by atoms with van der Waals surface area (Å²) in [6.45, 7) is 20.3. The second-order valence-electron chi connectivity index (χ2n) is 10.3. The molecule has 0 aliphatic rings. The molecule has 0 aliphatic heterocycles. The van der Waals surface area contributed by atoms with Gasteiger partial charge < -0.3 is 21.2 Å². The Hall–Kier alpha value is 0.191. The van der Waals surface area contributed by atoms with Crippen LogP contribution in [0.15, 0.2) is 19.9 Å². The first-order chi connectivity index (χ1) is 12.1. The maximum atomic E-state index is 11.2. The van der Waals surface area contributed by atoms with Gasteiger partial charge in [0.15, 0.2) is 54.2 Å². The Kier molecular flexibility index (Phi) is 9.15. The van der Waals surface area contributed by atoms with Gasteiger partial charge in [0.2, 0.25) is 0 Å². The van der Waals surface area contributed by atoms with Gasteiger partial charge >= 0.3 is 5.82 Å². The third-order valence-electron chi connectivity index (χ3n) is 3.84. The molecule has 12 heteroatoms. The van der Waals surface area contributed by atoms with Crippen molar-refractivity contribution < 1.29 is 21.2 Å². The number of hydrogen-bond donors (Lipinski definition) is 0. The fourth-order valence-corrected chi connectivity index (χ4v) is 18.6. The first-order valence-corrected chi connectivity index (χ1v) is 23.7. The van der Waals surface area contributed by atoms with Crippen LogP contribution in [0.3, 0.4) is 0 Å². The Morgan fingerprint density at radius 3 is 1.56 bits per heavy atom. The molecule has 0 fully saturated rings. The molecule has 0 radical (unpaired) electrons. The van der Waals surface area contributed by atoms with Crippen molar-refractivity contribution in [3.8, 4) is 0 Å². The lowest BCUT2D eigenvalue weighted by molar-refractivity contribution is 0.371. The molecule has 1 aromatic heterocycles. The molecule has 0 aromatic carbocycles. The van der Waals surface area contributed by atoms with Crippen molar-refractivity contribution in [1.82, 2.24) is 0 Å². The summed E-state index contributed by atoms with van der Waals surface area (Å²) in [6, 6.07) is 0. The molecule has 0 saturated carbocycles. The summed E-state index contributed by atoms with van der Waals surface area (Å²) >= 11 is 0. The van der Waals surface area contributed by atoms with Crippen LogP contribution in [0.25, 0.3) is 0 Å². The van der Waals surface area contributed by atoms with Crippen molar-refractivity contribution >= 4 is 54.2 Å². The predicted molar refractivity (Wildman–Crippen MR) is 127 cm³/mol. The van der Waals surface area contributed by atoms with Crippen molar-refractivity contribution in [3.05, 3.63) is 22.6 Å². The van der Waals surface area contributed by atoms with E-state index in [1.54, 1.807) is 0 Å². The van der Waals surface area contributed by atoms with Crippen LogP contribution in [0.5, 0.6) is 0 Å². The molecule has 1 rings (SSSR count). The van der Waals surface area contributed by atoms with Gasteiger partial charge in [-0.3, -0.25) is 0 Å².